The lowest BCUT2D eigenvalue weighted by molar-refractivity contribution is 0.0995. The fourth-order valence-electron chi connectivity index (χ4n) is 1.61. The van der Waals surface area contributed by atoms with Crippen molar-refractivity contribution >= 4 is 5.91 Å². The topological polar surface area (TPSA) is 68.9 Å². The van der Waals surface area contributed by atoms with Crippen molar-refractivity contribution in [2.24, 2.45) is 5.73 Å². The molecule has 0 bridgehead atoms. The van der Waals surface area contributed by atoms with Gasteiger partial charge in [0.2, 0.25) is 0 Å². The molecule has 1 aromatic carbocycles. The van der Waals surface area contributed by atoms with Crippen LogP contribution >= 0.6 is 0 Å². The van der Waals surface area contributed by atoms with Gasteiger partial charge in [-0.3, -0.25) is 4.79 Å². The van der Waals surface area contributed by atoms with Gasteiger partial charge in [0.05, 0.1) is 0 Å². The molecule has 0 spiro atoms. The van der Waals surface area contributed by atoms with Crippen LogP contribution in [0.15, 0.2) is 42.6 Å². The van der Waals surface area contributed by atoms with E-state index in [0.717, 1.165) is 5.56 Å². The average molecular weight is 227 g/mol. The minimum absolute atomic E-state index is 0.0375. The molecule has 86 valence electrons. The Morgan fingerprint density at radius 3 is 2.59 bits per heavy atom. The summed E-state index contributed by atoms with van der Waals surface area (Å²) >= 11 is 0. The Balaban J connectivity index is 2.34. The molecule has 0 fully saturated rings. The van der Waals surface area contributed by atoms with Crippen molar-refractivity contribution in [1.82, 2.24) is 9.97 Å². The highest BCUT2D eigenvalue weighted by Gasteiger charge is 2.12. The zero-order valence-corrected chi connectivity index (χ0v) is 9.50. The van der Waals surface area contributed by atoms with E-state index in [1.54, 1.807) is 6.20 Å². The summed E-state index contributed by atoms with van der Waals surface area (Å²) < 4.78 is 0. The Kier molecular flexibility index (Phi) is 3.14. The summed E-state index contributed by atoms with van der Waals surface area (Å²) in [6.07, 6.45) is 1.56. The van der Waals surface area contributed by atoms with E-state index >= 15 is 0 Å². The van der Waals surface area contributed by atoms with Crippen LogP contribution in [0, 0.1) is 0 Å². The number of hydrogen-bond donors (Lipinski definition) is 1. The summed E-state index contributed by atoms with van der Waals surface area (Å²) in [5.74, 6) is 0.108. The largest absolute Gasteiger partial charge is 0.364 e. The number of aromatic nitrogens is 2. The standard InChI is InChI=1S/C13H13N3O/c1-9(10-5-3-2-4-6-10)13-15-8-7-11(16-13)12(14)17/h2-9H,1H3,(H2,14,17). The molecule has 2 rings (SSSR count). The summed E-state index contributed by atoms with van der Waals surface area (Å²) in [4.78, 5) is 19.4. The van der Waals surface area contributed by atoms with Gasteiger partial charge in [-0.1, -0.05) is 37.3 Å². The third-order valence-corrected chi connectivity index (χ3v) is 2.61. The van der Waals surface area contributed by atoms with Crippen LogP contribution in [0.3, 0.4) is 0 Å². The van der Waals surface area contributed by atoms with E-state index in [4.69, 9.17) is 5.73 Å². The molecule has 1 amide bonds. The molecule has 17 heavy (non-hydrogen) atoms. The first-order valence-corrected chi connectivity index (χ1v) is 5.36. The molecule has 1 atom stereocenters. The van der Waals surface area contributed by atoms with Gasteiger partial charge in [-0.2, -0.15) is 0 Å². The lowest BCUT2D eigenvalue weighted by Crippen LogP contribution is -2.15. The number of nitrogens with two attached hydrogens (primary N) is 1. The van der Waals surface area contributed by atoms with Gasteiger partial charge >= 0.3 is 0 Å². The number of hydrogen-bond acceptors (Lipinski definition) is 3. The Bertz CT molecular complexity index is 525. The fraction of sp³-hybridized carbons (Fsp3) is 0.154. The fourth-order valence-corrected chi connectivity index (χ4v) is 1.61. The maximum Gasteiger partial charge on any atom is 0.267 e. The van der Waals surface area contributed by atoms with Crippen LogP contribution in [0.2, 0.25) is 0 Å². The molecular formula is C13H13N3O. The monoisotopic (exact) mass is 227 g/mol. The molecule has 0 aliphatic heterocycles. The van der Waals surface area contributed by atoms with Crippen LogP contribution in [0.1, 0.15) is 34.7 Å². The van der Waals surface area contributed by atoms with E-state index < -0.39 is 5.91 Å². The smallest absolute Gasteiger partial charge is 0.267 e. The molecule has 4 nitrogen and oxygen atoms in total. The number of carbonyl (C=O) groups is 1. The van der Waals surface area contributed by atoms with E-state index in [0.29, 0.717) is 5.82 Å². The first-order chi connectivity index (χ1) is 8.18. The van der Waals surface area contributed by atoms with E-state index in [2.05, 4.69) is 9.97 Å². The highest BCUT2D eigenvalue weighted by Crippen LogP contribution is 2.20. The summed E-state index contributed by atoms with van der Waals surface area (Å²) in [7, 11) is 0. The summed E-state index contributed by atoms with van der Waals surface area (Å²) in [6, 6.07) is 11.4. The lowest BCUT2D eigenvalue weighted by Gasteiger charge is -2.10. The van der Waals surface area contributed by atoms with Crippen LogP contribution in [-0.4, -0.2) is 15.9 Å². The average Bonchev–Trinajstić information content (AvgIpc) is 2.39. The second-order valence-electron chi connectivity index (χ2n) is 3.80. The normalized spacial score (nSPS) is 12.1. The van der Waals surface area contributed by atoms with Crippen LogP contribution in [0.25, 0.3) is 0 Å². The Morgan fingerprint density at radius 2 is 1.94 bits per heavy atom. The van der Waals surface area contributed by atoms with Gasteiger partial charge in [0.25, 0.3) is 5.91 Å². The summed E-state index contributed by atoms with van der Waals surface area (Å²) in [6.45, 7) is 2.00. The van der Waals surface area contributed by atoms with Crippen molar-refractivity contribution < 1.29 is 4.79 Å². The SMILES string of the molecule is CC(c1ccccc1)c1nccc(C(N)=O)n1. The molecule has 1 aromatic heterocycles. The third-order valence-electron chi connectivity index (χ3n) is 2.61. The van der Waals surface area contributed by atoms with Gasteiger partial charge in [0.1, 0.15) is 11.5 Å². The van der Waals surface area contributed by atoms with E-state index in [9.17, 15) is 4.79 Å². The molecule has 2 N–H and O–H groups in total. The molecule has 4 heteroatoms. The molecule has 0 radical (unpaired) electrons. The Morgan fingerprint density at radius 1 is 1.24 bits per heavy atom. The zero-order chi connectivity index (χ0) is 12.3. The second kappa shape index (κ2) is 4.74. The highest BCUT2D eigenvalue weighted by molar-refractivity contribution is 5.90. The van der Waals surface area contributed by atoms with Crippen LogP contribution in [-0.2, 0) is 0 Å². The van der Waals surface area contributed by atoms with Gasteiger partial charge in [-0.15, -0.1) is 0 Å². The van der Waals surface area contributed by atoms with E-state index in [-0.39, 0.29) is 11.6 Å². The molecule has 1 unspecified atom stereocenters. The second-order valence-corrected chi connectivity index (χ2v) is 3.80. The van der Waals surface area contributed by atoms with Gasteiger partial charge in [0.15, 0.2) is 0 Å². The number of benzene rings is 1. The van der Waals surface area contributed by atoms with E-state index in [1.165, 1.54) is 6.07 Å². The summed E-state index contributed by atoms with van der Waals surface area (Å²) in [5.41, 5.74) is 6.55. The van der Waals surface area contributed by atoms with Crippen molar-refractivity contribution in [1.29, 1.82) is 0 Å². The Labute approximate surface area is 99.5 Å². The molecule has 0 saturated carbocycles. The molecule has 0 aliphatic carbocycles. The van der Waals surface area contributed by atoms with Crippen LogP contribution in [0.4, 0.5) is 0 Å². The quantitative estimate of drug-likeness (QED) is 0.868. The van der Waals surface area contributed by atoms with Crippen molar-refractivity contribution in [2.75, 3.05) is 0 Å². The van der Waals surface area contributed by atoms with Gasteiger partial charge < -0.3 is 5.73 Å². The van der Waals surface area contributed by atoms with Gasteiger partial charge in [-0.05, 0) is 11.6 Å². The number of primary amides is 1. The molecule has 1 heterocycles. The minimum atomic E-state index is -0.533. The zero-order valence-electron chi connectivity index (χ0n) is 9.50. The maximum atomic E-state index is 11.0. The van der Waals surface area contributed by atoms with E-state index in [1.807, 2.05) is 37.3 Å². The first kappa shape index (κ1) is 11.3. The maximum absolute atomic E-state index is 11.0. The number of carbonyl (C=O) groups excluding carboxylic acids is 1. The first-order valence-electron chi connectivity index (χ1n) is 5.36. The lowest BCUT2D eigenvalue weighted by atomic mass is 10.0. The van der Waals surface area contributed by atoms with Crippen LogP contribution in [0.5, 0.6) is 0 Å². The number of rotatable bonds is 3. The number of nitrogens with zero attached hydrogens (tertiary/aromatic N) is 2. The number of amides is 1. The molecule has 0 aliphatic rings. The minimum Gasteiger partial charge on any atom is -0.364 e. The van der Waals surface area contributed by atoms with Gasteiger partial charge in [-0.25, -0.2) is 9.97 Å². The molecule has 0 saturated heterocycles. The predicted octanol–water partition coefficient (Wildman–Crippen LogP) is 1.73. The van der Waals surface area contributed by atoms with Crippen molar-refractivity contribution in [3.05, 3.63) is 59.7 Å². The molecule has 2 aromatic rings. The Hall–Kier alpha value is -2.23. The van der Waals surface area contributed by atoms with Crippen molar-refractivity contribution in [2.45, 2.75) is 12.8 Å². The third kappa shape index (κ3) is 2.47. The summed E-state index contributed by atoms with van der Waals surface area (Å²) in [5, 5.41) is 0. The van der Waals surface area contributed by atoms with Gasteiger partial charge in [0, 0.05) is 12.1 Å². The molecular weight excluding hydrogens is 214 g/mol. The van der Waals surface area contributed by atoms with Crippen LogP contribution < -0.4 is 5.73 Å². The van der Waals surface area contributed by atoms with Crippen molar-refractivity contribution in [3.63, 3.8) is 0 Å². The van der Waals surface area contributed by atoms with Crippen molar-refractivity contribution in [3.8, 4) is 0 Å². The predicted molar refractivity (Wildman–Crippen MR) is 64.5 cm³/mol. The highest BCUT2D eigenvalue weighted by atomic mass is 16.1.